The first kappa shape index (κ1) is 24.3. The monoisotopic (exact) mass is 491 g/mol. The Morgan fingerprint density at radius 2 is 1.94 bits per heavy atom. The zero-order chi connectivity index (χ0) is 23.6. The molecule has 1 aliphatic carbocycles. The maximum Gasteiger partial charge on any atom is 0.242 e. The Kier molecular flexibility index (Phi) is 7.49. The second-order valence-electron chi connectivity index (χ2n) is 8.76. The van der Waals surface area contributed by atoms with Crippen LogP contribution in [0.5, 0.6) is 0 Å². The largest absolute Gasteiger partial charge is 0.379 e. The lowest BCUT2D eigenvalue weighted by Crippen LogP contribution is -2.46. The number of fused-ring (bicyclic) bond motifs is 1. The molecule has 0 atom stereocenters. The predicted molar refractivity (Wildman–Crippen MR) is 135 cm³/mol. The summed E-state index contributed by atoms with van der Waals surface area (Å²) in [6.45, 7) is 9.61. The van der Waals surface area contributed by atoms with Gasteiger partial charge in [-0.1, -0.05) is 12.7 Å². The molecular weight excluding hydrogens is 458 g/mol. The molecule has 0 bridgehead atoms. The van der Waals surface area contributed by atoms with Crippen molar-refractivity contribution in [3.63, 3.8) is 0 Å². The van der Waals surface area contributed by atoms with Crippen LogP contribution in [0.1, 0.15) is 32.6 Å². The third-order valence-electron chi connectivity index (χ3n) is 6.55. The van der Waals surface area contributed by atoms with Gasteiger partial charge < -0.3 is 10.1 Å². The van der Waals surface area contributed by atoms with Crippen LogP contribution >= 0.6 is 11.3 Å². The van der Waals surface area contributed by atoms with Gasteiger partial charge in [0.1, 0.15) is 17.0 Å². The second-order valence-corrected chi connectivity index (χ2v) is 12.0. The van der Waals surface area contributed by atoms with E-state index in [1.165, 1.54) is 29.7 Å². The van der Waals surface area contributed by atoms with E-state index < -0.39 is 10.0 Å². The molecule has 0 aromatic carbocycles. The van der Waals surface area contributed by atoms with E-state index in [1.807, 2.05) is 0 Å². The minimum atomic E-state index is -3.57. The summed E-state index contributed by atoms with van der Waals surface area (Å²) in [5.74, 6) is 0.755. The summed E-state index contributed by atoms with van der Waals surface area (Å²) >= 11 is 1.46. The third kappa shape index (κ3) is 5.14. The molecule has 1 saturated heterocycles. The first-order chi connectivity index (χ1) is 15.8. The van der Waals surface area contributed by atoms with Crippen LogP contribution in [-0.4, -0.2) is 80.1 Å². The molecule has 8 nitrogen and oxygen atoms in total. The Morgan fingerprint density at radius 1 is 1.24 bits per heavy atom. The van der Waals surface area contributed by atoms with Gasteiger partial charge in [-0.15, -0.1) is 11.3 Å². The van der Waals surface area contributed by atoms with Crippen LogP contribution in [0.3, 0.4) is 0 Å². The van der Waals surface area contributed by atoms with Gasteiger partial charge in [0.25, 0.3) is 0 Å². The number of anilines is 1. The molecule has 2 aromatic rings. The zero-order valence-electron chi connectivity index (χ0n) is 19.6. The lowest BCUT2D eigenvalue weighted by molar-refractivity contribution is 0.00791. The molecule has 1 aliphatic heterocycles. The van der Waals surface area contributed by atoms with Gasteiger partial charge in [0, 0.05) is 49.0 Å². The summed E-state index contributed by atoms with van der Waals surface area (Å²) < 4.78 is 33.0. The number of rotatable bonds is 6. The summed E-state index contributed by atoms with van der Waals surface area (Å²) in [7, 11) is -0.497. The van der Waals surface area contributed by atoms with Gasteiger partial charge >= 0.3 is 0 Å². The van der Waals surface area contributed by atoms with Crippen LogP contribution in [0.15, 0.2) is 17.3 Å². The number of ether oxygens (including phenoxy) is 1. The van der Waals surface area contributed by atoms with Crippen LogP contribution in [0.25, 0.3) is 22.9 Å². The van der Waals surface area contributed by atoms with E-state index in [0.717, 1.165) is 77.8 Å². The summed E-state index contributed by atoms with van der Waals surface area (Å²) in [6.07, 6.45) is 9.32. The van der Waals surface area contributed by atoms with E-state index in [2.05, 4.69) is 26.8 Å². The molecule has 1 N–H and O–H groups in total. The van der Waals surface area contributed by atoms with Crippen molar-refractivity contribution in [3.05, 3.63) is 27.1 Å². The third-order valence-corrected chi connectivity index (χ3v) is 9.43. The van der Waals surface area contributed by atoms with Crippen LogP contribution in [0, 0.1) is 0 Å². The zero-order valence-corrected chi connectivity index (χ0v) is 21.2. The van der Waals surface area contributed by atoms with E-state index in [4.69, 9.17) is 4.74 Å². The molecule has 0 spiro atoms. The summed E-state index contributed by atoms with van der Waals surface area (Å²) in [5, 5.41) is 5.25. The van der Waals surface area contributed by atoms with Crippen molar-refractivity contribution in [1.82, 2.24) is 19.2 Å². The van der Waals surface area contributed by atoms with Crippen molar-refractivity contribution < 1.29 is 13.2 Å². The minimum Gasteiger partial charge on any atom is -0.379 e. The fourth-order valence-electron chi connectivity index (χ4n) is 4.64. The van der Waals surface area contributed by atoms with Gasteiger partial charge in [0.15, 0.2) is 0 Å². The van der Waals surface area contributed by atoms with Gasteiger partial charge in [-0.3, -0.25) is 4.90 Å². The highest BCUT2D eigenvalue weighted by molar-refractivity contribution is 7.93. The first-order valence-corrected chi connectivity index (χ1v) is 13.7. The maximum atomic E-state index is 12.7. The molecular formula is C23H33N5O3S2. The van der Waals surface area contributed by atoms with Gasteiger partial charge in [-0.2, -0.15) is 0 Å². The summed E-state index contributed by atoms with van der Waals surface area (Å²) in [6, 6.07) is 0.954. The fourth-order valence-corrected chi connectivity index (χ4v) is 6.54. The highest BCUT2D eigenvalue weighted by Gasteiger charge is 2.27. The van der Waals surface area contributed by atoms with Gasteiger partial charge in [-0.05, 0) is 38.7 Å². The molecule has 2 aliphatic rings. The van der Waals surface area contributed by atoms with Crippen molar-refractivity contribution in [2.75, 3.05) is 45.7 Å². The van der Waals surface area contributed by atoms with Crippen molar-refractivity contribution >= 4 is 50.0 Å². The van der Waals surface area contributed by atoms with Crippen LogP contribution < -0.4 is 15.1 Å². The van der Waals surface area contributed by atoms with Gasteiger partial charge in [-0.25, -0.2) is 22.7 Å². The molecule has 2 aromatic heterocycles. The van der Waals surface area contributed by atoms with E-state index in [1.54, 1.807) is 25.4 Å². The molecule has 180 valence electrons. The number of thiophene rings is 1. The van der Waals surface area contributed by atoms with E-state index >= 15 is 0 Å². The predicted octanol–water partition coefficient (Wildman–Crippen LogP) is 1.73. The summed E-state index contributed by atoms with van der Waals surface area (Å²) in [5.41, 5.74) is 0. The standard InChI is InChI=1S/C23H33N5O3S2/c1-5-19(33(29,30)27(3)4)14-20-16(2)32-23-21(20)22(24-15-25-23)26-17-6-8-18(9-7-17)28-10-12-31-13-11-28/h5,14-15,17-18H,2,6-13H2,1,3-4H3,(H,24,25,26)/b19-5+,20-14+. The smallest absolute Gasteiger partial charge is 0.242 e. The average molecular weight is 492 g/mol. The molecule has 1 saturated carbocycles. The maximum absolute atomic E-state index is 12.7. The molecule has 2 fully saturated rings. The Morgan fingerprint density at radius 3 is 2.58 bits per heavy atom. The SMILES string of the molecule is C=c1sc2ncnc(NC3CCC(N4CCOCC4)CC3)c2/c1=C/C(=C\C)S(=O)(=O)N(C)C. The van der Waals surface area contributed by atoms with E-state index in [0.29, 0.717) is 12.1 Å². The molecule has 4 rings (SSSR count). The number of hydrogen-bond acceptors (Lipinski definition) is 8. The molecule has 3 heterocycles. The highest BCUT2D eigenvalue weighted by atomic mass is 32.2. The van der Waals surface area contributed by atoms with Gasteiger partial charge in [0.2, 0.25) is 10.0 Å². The Bertz CT molecular complexity index is 1220. The summed E-state index contributed by atoms with van der Waals surface area (Å²) in [4.78, 5) is 12.6. The number of sulfonamides is 1. The molecule has 0 unspecified atom stereocenters. The minimum absolute atomic E-state index is 0.234. The lowest BCUT2D eigenvalue weighted by Gasteiger charge is -2.39. The lowest BCUT2D eigenvalue weighted by atomic mass is 9.90. The normalized spacial score (nSPS) is 24.0. The van der Waals surface area contributed by atoms with Crippen molar-refractivity contribution in [3.8, 4) is 0 Å². The highest BCUT2D eigenvalue weighted by Crippen LogP contribution is 2.27. The molecule has 0 radical (unpaired) electrons. The topological polar surface area (TPSA) is 87.7 Å². The number of nitrogens with zero attached hydrogens (tertiary/aromatic N) is 4. The Hall–Kier alpha value is -1.85. The van der Waals surface area contributed by atoms with Crippen molar-refractivity contribution in [1.29, 1.82) is 0 Å². The van der Waals surface area contributed by atoms with Gasteiger partial charge in [0.05, 0.1) is 23.5 Å². The van der Waals surface area contributed by atoms with Crippen molar-refractivity contribution in [2.45, 2.75) is 44.7 Å². The number of allylic oxidation sites excluding steroid dienone is 2. The van der Waals surface area contributed by atoms with Crippen LogP contribution in [-0.2, 0) is 14.8 Å². The number of morpholine rings is 1. The number of aromatic nitrogens is 2. The molecule has 33 heavy (non-hydrogen) atoms. The van der Waals surface area contributed by atoms with Crippen molar-refractivity contribution in [2.24, 2.45) is 0 Å². The molecule has 0 amide bonds. The number of nitrogens with one attached hydrogen (secondary N) is 1. The van der Waals surface area contributed by atoms with E-state index in [9.17, 15) is 8.42 Å². The average Bonchev–Trinajstić information content (AvgIpc) is 3.14. The Labute approximate surface area is 199 Å². The quantitative estimate of drug-likeness (QED) is 0.659. The Balaban J connectivity index is 1.60. The molecule has 10 heteroatoms. The van der Waals surface area contributed by atoms with Crippen LogP contribution in [0.4, 0.5) is 5.82 Å². The fraction of sp³-hybridized carbons (Fsp3) is 0.565. The van der Waals surface area contributed by atoms with E-state index in [-0.39, 0.29) is 4.91 Å². The first-order valence-electron chi connectivity index (χ1n) is 11.4. The number of hydrogen-bond donors (Lipinski definition) is 1. The second kappa shape index (κ2) is 10.2. The van der Waals surface area contributed by atoms with Crippen LogP contribution in [0.2, 0.25) is 0 Å².